The van der Waals surface area contributed by atoms with Gasteiger partial charge in [-0.05, 0) is 17.7 Å². The van der Waals surface area contributed by atoms with E-state index in [-0.39, 0.29) is 11.9 Å². The topological polar surface area (TPSA) is 70.6 Å². The summed E-state index contributed by atoms with van der Waals surface area (Å²) in [5, 5.41) is 5.80. The van der Waals surface area contributed by atoms with Crippen molar-refractivity contribution in [3.8, 4) is 0 Å². The van der Waals surface area contributed by atoms with Gasteiger partial charge in [0.05, 0.1) is 6.54 Å². The molecule has 1 atom stereocenters. The van der Waals surface area contributed by atoms with Crippen molar-refractivity contribution in [3.63, 3.8) is 0 Å². The molecule has 1 aromatic carbocycles. The van der Waals surface area contributed by atoms with Crippen molar-refractivity contribution < 1.29 is 9.59 Å². The van der Waals surface area contributed by atoms with E-state index in [1.165, 1.54) is 0 Å². The maximum atomic E-state index is 12.1. The van der Waals surface area contributed by atoms with Crippen LogP contribution in [0.5, 0.6) is 0 Å². The van der Waals surface area contributed by atoms with Crippen molar-refractivity contribution in [2.75, 3.05) is 6.54 Å². The van der Waals surface area contributed by atoms with E-state index in [4.69, 9.17) is 0 Å². The van der Waals surface area contributed by atoms with Gasteiger partial charge < -0.3 is 10.6 Å². The Bertz CT molecular complexity index is 569. The number of amidine groups is 1. The third-order valence-electron chi connectivity index (χ3n) is 2.88. The number of rotatable bonds is 4. The van der Waals surface area contributed by atoms with Crippen LogP contribution < -0.4 is 10.6 Å². The molecular formula is C14H16BrN3O2. The molecule has 0 radical (unpaired) electrons. The van der Waals surface area contributed by atoms with Gasteiger partial charge in [0.1, 0.15) is 11.8 Å². The van der Waals surface area contributed by atoms with Gasteiger partial charge in [0, 0.05) is 10.5 Å². The molecule has 20 heavy (non-hydrogen) atoms. The minimum Gasteiger partial charge on any atom is -0.312 e. The summed E-state index contributed by atoms with van der Waals surface area (Å²) in [7, 11) is 0. The first-order chi connectivity index (χ1) is 9.47. The van der Waals surface area contributed by atoms with Crippen LogP contribution in [0.25, 0.3) is 0 Å². The Kier molecular flexibility index (Phi) is 4.67. The molecule has 0 bridgehead atoms. The van der Waals surface area contributed by atoms with Gasteiger partial charge in [-0.15, -0.1) is 0 Å². The number of carbonyl (C=O) groups excluding carboxylic acids is 2. The molecule has 1 heterocycles. The number of nitrogens with zero attached hydrogens (tertiary/aromatic N) is 1. The van der Waals surface area contributed by atoms with Crippen LogP contribution in [0.1, 0.15) is 25.3 Å². The smallest absolute Gasteiger partial charge is 0.264 e. The molecule has 0 saturated heterocycles. The highest BCUT2D eigenvalue weighted by Gasteiger charge is 2.33. The highest BCUT2D eigenvalue weighted by molar-refractivity contribution is 9.10. The molecule has 1 aliphatic heterocycles. The van der Waals surface area contributed by atoms with Crippen molar-refractivity contribution in [2.24, 2.45) is 4.99 Å². The standard InChI is InChI=1S/C14H16BrN3O2/c1-8(2)16-7-11-17-13(19)12(14(20)18-11)9-4-3-5-10(15)6-9/h3-6,8,12,16H,7H2,1-2H3,(H,17,18,19,20). The number of hydrogen-bond acceptors (Lipinski definition) is 3. The Morgan fingerprint density at radius 3 is 2.75 bits per heavy atom. The Morgan fingerprint density at radius 1 is 1.40 bits per heavy atom. The van der Waals surface area contributed by atoms with Gasteiger partial charge >= 0.3 is 0 Å². The lowest BCUT2D eigenvalue weighted by Gasteiger charge is -2.21. The summed E-state index contributed by atoms with van der Waals surface area (Å²) in [5.41, 5.74) is 0.640. The molecule has 0 saturated carbocycles. The first-order valence-corrected chi connectivity index (χ1v) is 7.18. The maximum Gasteiger partial charge on any atom is 0.264 e. The second-order valence-corrected chi connectivity index (χ2v) is 5.83. The summed E-state index contributed by atoms with van der Waals surface area (Å²) in [6.45, 7) is 4.34. The number of nitrogens with one attached hydrogen (secondary N) is 2. The van der Waals surface area contributed by atoms with Gasteiger partial charge in [0.2, 0.25) is 5.91 Å². The summed E-state index contributed by atoms with van der Waals surface area (Å²) in [6.07, 6.45) is 0. The Balaban J connectivity index is 2.18. The van der Waals surface area contributed by atoms with Crippen molar-refractivity contribution in [1.29, 1.82) is 0 Å². The highest BCUT2D eigenvalue weighted by Crippen LogP contribution is 2.23. The Labute approximate surface area is 126 Å². The molecule has 5 nitrogen and oxygen atoms in total. The zero-order valence-corrected chi connectivity index (χ0v) is 12.9. The van der Waals surface area contributed by atoms with Crippen LogP contribution in [-0.2, 0) is 9.59 Å². The zero-order chi connectivity index (χ0) is 14.7. The van der Waals surface area contributed by atoms with Crippen LogP contribution >= 0.6 is 15.9 Å². The summed E-state index contributed by atoms with van der Waals surface area (Å²) in [6, 6.07) is 7.40. The van der Waals surface area contributed by atoms with E-state index in [2.05, 4.69) is 31.6 Å². The third kappa shape index (κ3) is 3.52. The molecular weight excluding hydrogens is 322 g/mol. The fourth-order valence-corrected chi connectivity index (χ4v) is 2.33. The van der Waals surface area contributed by atoms with Crippen LogP contribution in [0.3, 0.4) is 0 Å². The number of amides is 2. The summed E-state index contributed by atoms with van der Waals surface area (Å²) in [5.74, 6) is -1.24. The predicted octanol–water partition coefficient (Wildman–Crippen LogP) is 1.59. The Morgan fingerprint density at radius 2 is 2.15 bits per heavy atom. The fourth-order valence-electron chi connectivity index (χ4n) is 1.92. The fraction of sp³-hybridized carbons (Fsp3) is 0.357. The summed E-state index contributed by atoms with van der Waals surface area (Å²) >= 11 is 3.33. The molecule has 1 aliphatic rings. The minimum atomic E-state index is -0.865. The quantitative estimate of drug-likeness (QED) is 0.819. The largest absolute Gasteiger partial charge is 0.312 e. The third-order valence-corrected chi connectivity index (χ3v) is 3.37. The average Bonchev–Trinajstić information content (AvgIpc) is 2.35. The molecule has 0 aromatic heterocycles. The van der Waals surface area contributed by atoms with E-state index in [1.54, 1.807) is 18.2 Å². The van der Waals surface area contributed by atoms with Crippen LogP contribution in [0.4, 0.5) is 0 Å². The number of carbonyl (C=O) groups is 2. The normalized spacial score (nSPS) is 19.0. The summed E-state index contributed by atoms with van der Waals surface area (Å²) in [4.78, 5) is 28.2. The van der Waals surface area contributed by atoms with Crippen molar-refractivity contribution in [2.45, 2.75) is 25.8 Å². The van der Waals surface area contributed by atoms with Crippen LogP contribution in [0, 0.1) is 0 Å². The van der Waals surface area contributed by atoms with Gasteiger partial charge in [-0.2, -0.15) is 4.99 Å². The molecule has 0 aliphatic carbocycles. The number of aliphatic imine (C=N–C) groups is 1. The van der Waals surface area contributed by atoms with E-state index in [0.717, 1.165) is 4.47 Å². The van der Waals surface area contributed by atoms with Crippen molar-refractivity contribution in [1.82, 2.24) is 10.6 Å². The number of benzene rings is 1. The van der Waals surface area contributed by atoms with Crippen LogP contribution in [0.15, 0.2) is 33.7 Å². The molecule has 1 unspecified atom stereocenters. The van der Waals surface area contributed by atoms with Crippen LogP contribution in [-0.4, -0.2) is 30.2 Å². The lowest BCUT2D eigenvalue weighted by molar-refractivity contribution is -0.129. The van der Waals surface area contributed by atoms with Gasteiger partial charge in [-0.25, -0.2) is 0 Å². The molecule has 6 heteroatoms. The Hall–Kier alpha value is -1.53. The van der Waals surface area contributed by atoms with Gasteiger partial charge in [0.25, 0.3) is 5.91 Å². The maximum absolute atomic E-state index is 12.1. The van der Waals surface area contributed by atoms with E-state index in [9.17, 15) is 9.59 Å². The lowest BCUT2D eigenvalue weighted by atomic mass is 9.96. The van der Waals surface area contributed by atoms with Crippen molar-refractivity contribution in [3.05, 3.63) is 34.3 Å². The van der Waals surface area contributed by atoms with Gasteiger partial charge in [0.15, 0.2) is 0 Å². The summed E-state index contributed by atoms with van der Waals surface area (Å²) < 4.78 is 0.826. The van der Waals surface area contributed by atoms with E-state index in [0.29, 0.717) is 17.9 Å². The molecule has 2 rings (SSSR count). The number of halogens is 1. The minimum absolute atomic E-state index is 0.257. The van der Waals surface area contributed by atoms with Crippen LogP contribution in [0.2, 0.25) is 0 Å². The number of hydrogen-bond donors (Lipinski definition) is 2. The molecule has 106 valence electrons. The van der Waals surface area contributed by atoms with E-state index in [1.807, 2.05) is 19.9 Å². The molecule has 1 aromatic rings. The second kappa shape index (κ2) is 6.28. The highest BCUT2D eigenvalue weighted by atomic mass is 79.9. The van der Waals surface area contributed by atoms with Gasteiger partial charge in [-0.1, -0.05) is 41.9 Å². The average molecular weight is 338 g/mol. The monoisotopic (exact) mass is 337 g/mol. The molecule has 2 amide bonds. The first-order valence-electron chi connectivity index (χ1n) is 6.38. The lowest BCUT2D eigenvalue weighted by Crippen LogP contribution is -2.47. The van der Waals surface area contributed by atoms with E-state index < -0.39 is 11.8 Å². The zero-order valence-electron chi connectivity index (χ0n) is 11.3. The van der Waals surface area contributed by atoms with Gasteiger partial charge in [-0.3, -0.25) is 9.59 Å². The molecule has 0 spiro atoms. The molecule has 0 fully saturated rings. The predicted molar refractivity (Wildman–Crippen MR) is 80.6 cm³/mol. The SMILES string of the molecule is CC(C)NCC1=NC(=O)C(c2cccc(Br)c2)C(=O)N1. The second-order valence-electron chi connectivity index (χ2n) is 4.91. The van der Waals surface area contributed by atoms with E-state index >= 15 is 0 Å². The van der Waals surface area contributed by atoms with Crippen molar-refractivity contribution >= 4 is 33.6 Å². The first kappa shape index (κ1) is 14.9. The molecule has 2 N–H and O–H groups in total.